The lowest BCUT2D eigenvalue weighted by Gasteiger charge is -2.15. The van der Waals surface area contributed by atoms with Gasteiger partial charge in [0.25, 0.3) is 0 Å². The molecule has 158 valence electrons. The van der Waals surface area contributed by atoms with E-state index in [4.69, 9.17) is 4.74 Å². The van der Waals surface area contributed by atoms with Gasteiger partial charge in [0.2, 0.25) is 11.1 Å². The van der Waals surface area contributed by atoms with Crippen LogP contribution in [0.15, 0.2) is 53.7 Å². The van der Waals surface area contributed by atoms with Crippen LogP contribution in [0, 0.1) is 5.92 Å². The van der Waals surface area contributed by atoms with Gasteiger partial charge in [0.1, 0.15) is 5.75 Å². The molecule has 3 rings (SSSR count). The summed E-state index contributed by atoms with van der Waals surface area (Å²) in [5.74, 6) is 2.29. The van der Waals surface area contributed by atoms with Gasteiger partial charge in [0.15, 0.2) is 5.82 Å². The van der Waals surface area contributed by atoms with Gasteiger partial charge < -0.3 is 10.1 Å². The van der Waals surface area contributed by atoms with Crippen molar-refractivity contribution in [3.63, 3.8) is 0 Å². The Balaban J connectivity index is 1.50. The summed E-state index contributed by atoms with van der Waals surface area (Å²) in [5.41, 5.74) is 3.33. The van der Waals surface area contributed by atoms with Gasteiger partial charge in [0, 0.05) is 5.56 Å². The van der Waals surface area contributed by atoms with Crippen LogP contribution in [0.25, 0.3) is 11.4 Å². The minimum atomic E-state index is -0.0480. The van der Waals surface area contributed by atoms with Crippen LogP contribution in [0.4, 0.5) is 0 Å². The molecule has 0 radical (unpaired) electrons. The third-order valence-electron chi connectivity index (χ3n) is 4.66. The predicted octanol–water partition coefficient (Wildman–Crippen LogP) is 4.65. The Hall–Kier alpha value is -2.80. The van der Waals surface area contributed by atoms with Gasteiger partial charge in [-0.1, -0.05) is 49.9 Å². The zero-order chi connectivity index (χ0) is 21.5. The van der Waals surface area contributed by atoms with Crippen molar-refractivity contribution in [1.82, 2.24) is 20.5 Å². The first kappa shape index (κ1) is 21.9. The molecule has 2 aromatic carbocycles. The fourth-order valence-electron chi connectivity index (χ4n) is 3.10. The molecule has 0 fully saturated rings. The number of carbonyl (C=O) groups excluding carboxylic acids is 1. The van der Waals surface area contributed by atoms with Crippen LogP contribution in [0.5, 0.6) is 5.75 Å². The maximum Gasteiger partial charge on any atom is 0.230 e. The molecular formula is C23H28N4O2S. The number of H-pyrrole nitrogens is 1. The molecule has 1 amide bonds. The summed E-state index contributed by atoms with van der Waals surface area (Å²) in [5, 5.41) is 10.7. The second-order valence-corrected chi connectivity index (χ2v) is 8.56. The van der Waals surface area contributed by atoms with E-state index in [1.54, 1.807) is 7.11 Å². The third kappa shape index (κ3) is 6.10. The Kier molecular flexibility index (Phi) is 7.52. The number of hydrogen-bond donors (Lipinski definition) is 2. The van der Waals surface area contributed by atoms with Gasteiger partial charge >= 0.3 is 0 Å². The number of ether oxygens (including phenoxy) is 1. The highest BCUT2D eigenvalue weighted by molar-refractivity contribution is 7.99. The minimum absolute atomic E-state index is 0.0467. The van der Waals surface area contributed by atoms with Crippen LogP contribution in [0.1, 0.15) is 37.9 Å². The average Bonchev–Trinajstić information content (AvgIpc) is 3.21. The number of amides is 1. The van der Waals surface area contributed by atoms with Gasteiger partial charge in [-0.2, -0.15) is 0 Å². The summed E-state index contributed by atoms with van der Waals surface area (Å²) in [4.78, 5) is 16.8. The van der Waals surface area contributed by atoms with Crippen molar-refractivity contribution < 1.29 is 9.53 Å². The van der Waals surface area contributed by atoms with E-state index in [0.29, 0.717) is 16.9 Å². The molecular weight excluding hydrogens is 396 g/mol. The fourth-order valence-corrected chi connectivity index (χ4v) is 3.71. The summed E-state index contributed by atoms with van der Waals surface area (Å²) < 4.78 is 5.16. The van der Waals surface area contributed by atoms with Crippen molar-refractivity contribution in [1.29, 1.82) is 0 Å². The number of aromatic amines is 1. The molecule has 1 heterocycles. The first-order valence-electron chi connectivity index (χ1n) is 10.0. The molecule has 1 unspecified atom stereocenters. The van der Waals surface area contributed by atoms with E-state index < -0.39 is 0 Å². The van der Waals surface area contributed by atoms with E-state index in [1.807, 2.05) is 31.2 Å². The van der Waals surface area contributed by atoms with Crippen molar-refractivity contribution in [3.05, 3.63) is 59.7 Å². The Morgan fingerprint density at radius 1 is 1.10 bits per heavy atom. The zero-order valence-electron chi connectivity index (χ0n) is 17.8. The summed E-state index contributed by atoms with van der Waals surface area (Å²) in [6, 6.07) is 16.0. The smallest absolute Gasteiger partial charge is 0.230 e. The highest BCUT2D eigenvalue weighted by atomic mass is 32.2. The predicted molar refractivity (Wildman–Crippen MR) is 121 cm³/mol. The molecule has 0 bridgehead atoms. The lowest BCUT2D eigenvalue weighted by molar-refractivity contribution is -0.119. The molecule has 1 aromatic heterocycles. The highest BCUT2D eigenvalue weighted by Crippen LogP contribution is 2.22. The van der Waals surface area contributed by atoms with E-state index in [-0.39, 0.29) is 17.7 Å². The number of thioether (sulfide) groups is 1. The molecule has 3 aromatic rings. The minimum Gasteiger partial charge on any atom is -0.497 e. The quantitative estimate of drug-likeness (QED) is 0.489. The zero-order valence-corrected chi connectivity index (χ0v) is 18.6. The summed E-state index contributed by atoms with van der Waals surface area (Å²) in [6.07, 6.45) is 1.06. The molecule has 6 nitrogen and oxygen atoms in total. The summed E-state index contributed by atoms with van der Waals surface area (Å²) >= 11 is 1.31. The fraction of sp³-hybridized carbons (Fsp3) is 0.348. The lowest BCUT2D eigenvalue weighted by Crippen LogP contribution is -2.28. The number of nitrogens with one attached hydrogen (secondary N) is 2. The van der Waals surface area contributed by atoms with Gasteiger partial charge in [0.05, 0.1) is 18.9 Å². The van der Waals surface area contributed by atoms with E-state index >= 15 is 0 Å². The Bertz CT molecular complexity index is 952. The van der Waals surface area contributed by atoms with Crippen molar-refractivity contribution in [2.24, 2.45) is 5.92 Å². The molecule has 0 aliphatic heterocycles. The van der Waals surface area contributed by atoms with Crippen LogP contribution < -0.4 is 10.1 Å². The Morgan fingerprint density at radius 3 is 2.43 bits per heavy atom. The van der Waals surface area contributed by atoms with Crippen molar-refractivity contribution in [2.45, 2.75) is 38.4 Å². The highest BCUT2D eigenvalue weighted by Gasteiger charge is 2.12. The molecule has 30 heavy (non-hydrogen) atoms. The number of hydrogen-bond acceptors (Lipinski definition) is 5. The number of nitrogens with zero attached hydrogens (tertiary/aromatic N) is 2. The van der Waals surface area contributed by atoms with E-state index in [2.05, 4.69) is 58.6 Å². The topological polar surface area (TPSA) is 79.9 Å². The number of methoxy groups -OCH3 is 1. The first-order valence-corrected chi connectivity index (χ1v) is 11.0. The molecule has 0 saturated carbocycles. The number of aromatic nitrogens is 3. The molecule has 2 N–H and O–H groups in total. The summed E-state index contributed by atoms with van der Waals surface area (Å²) in [6.45, 7) is 6.42. The van der Waals surface area contributed by atoms with Gasteiger partial charge in [-0.05, 0) is 54.7 Å². The molecule has 0 aliphatic carbocycles. The normalized spacial score (nSPS) is 12.0. The Labute approximate surface area is 181 Å². The number of rotatable bonds is 9. The lowest BCUT2D eigenvalue weighted by atomic mass is 10.00. The van der Waals surface area contributed by atoms with Crippen LogP contribution in [0.2, 0.25) is 0 Å². The van der Waals surface area contributed by atoms with Crippen LogP contribution in [0.3, 0.4) is 0 Å². The Morgan fingerprint density at radius 2 is 1.80 bits per heavy atom. The average molecular weight is 425 g/mol. The van der Waals surface area contributed by atoms with Crippen molar-refractivity contribution in [3.8, 4) is 17.1 Å². The molecule has 0 saturated heterocycles. The van der Waals surface area contributed by atoms with E-state index in [0.717, 1.165) is 23.3 Å². The van der Waals surface area contributed by atoms with Gasteiger partial charge in [-0.25, -0.2) is 4.98 Å². The number of benzene rings is 2. The number of carbonyl (C=O) groups is 1. The SMILES string of the molecule is COc1ccc(-c2nc(SCC(=O)NC(C)c3ccc(CC(C)C)cc3)n[nH]2)cc1. The van der Waals surface area contributed by atoms with Gasteiger partial charge in [-0.3, -0.25) is 9.89 Å². The maximum atomic E-state index is 12.3. The van der Waals surface area contributed by atoms with Gasteiger partial charge in [-0.15, -0.1) is 5.10 Å². The second kappa shape index (κ2) is 10.3. The van der Waals surface area contributed by atoms with Crippen molar-refractivity contribution >= 4 is 17.7 Å². The standard InChI is InChI=1S/C23H28N4O2S/c1-15(2)13-17-5-7-18(8-6-17)16(3)24-21(28)14-30-23-25-22(26-27-23)19-9-11-20(29-4)12-10-19/h5-12,15-16H,13-14H2,1-4H3,(H,24,28)(H,25,26,27). The molecule has 0 spiro atoms. The van der Waals surface area contributed by atoms with Crippen LogP contribution in [-0.2, 0) is 11.2 Å². The largest absolute Gasteiger partial charge is 0.497 e. The van der Waals surface area contributed by atoms with Crippen LogP contribution in [-0.4, -0.2) is 34.0 Å². The molecule has 1 atom stereocenters. The van der Waals surface area contributed by atoms with Crippen LogP contribution >= 0.6 is 11.8 Å². The first-order chi connectivity index (χ1) is 14.4. The third-order valence-corrected chi connectivity index (χ3v) is 5.51. The van der Waals surface area contributed by atoms with Crippen molar-refractivity contribution in [2.75, 3.05) is 12.9 Å². The molecule has 7 heteroatoms. The monoisotopic (exact) mass is 424 g/mol. The van der Waals surface area contributed by atoms with E-state index in [9.17, 15) is 4.79 Å². The maximum absolute atomic E-state index is 12.3. The second-order valence-electron chi connectivity index (χ2n) is 7.61. The molecule has 0 aliphatic rings. The summed E-state index contributed by atoms with van der Waals surface area (Å²) in [7, 11) is 1.63. The van der Waals surface area contributed by atoms with E-state index in [1.165, 1.54) is 17.3 Å².